The first-order chi connectivity index (χ1) is 10.1. The molecule has 2 aromatic rings. The van der Waals surface area contributed by atoms with Crippen molar-refractivity contribution >= 4 is 0 Å². The van der Waals surface area contributed by atoms with Crippen LogP contribution < -0.4 is 5.32 Å². The molecule has 0 saturated carbocycles. The third-order valence-electron chi connectivity index (χ3n) is 3.78. The summed E-state index contributed by atoms with van der Waals surface area (Å²) in [7, 11) is 0. The van der Waals surface area contributed by atoms with Gasteiger partial charge in [0, 0.05) is 18.0 Å². The van der Waals surface area contributed by atoms with Crippen molar-refractivity contribution in [2.45, 2.75) is 26.2 Å². The van der Waals surface area contributed by atoms with Gasteiger partial charge < -0.3 is 5.32 Å². The topological polar surface area (TPSA) is 12.0 Å². The van der Waals surface area contributed by atoms with E-state index in [2.05, 4.69) is 5.32 Å². The zero-order valence-electron chi connectivity index (χ0n) is 12.5. The van der Waals surface area contributed by atoms with Gasteiger partial charge >= 0.3 is 0 Å². The second kappa shape index (κ2) is 7.32. The summed E-state index contributed by atoms with van der Waals surface area (Å²) < 4.78 is 27.8. The summed E-state index contributed by atoms with van der Waals surface area (Å²) >= 11 is 0. The number of halogens is 2. The molecule has 1 N–H and O–H groups in total. The van der Waals surface area contributed by atoms with Gasteiger partial charge in [-0.15, -0.1) is 0 Å². The Morgan fingerprint density at radius 1 is 1.00 bits per heavy atom. The van der Waals surface area contributed by atoms with Crippen LogP contribution in [-0.2, 0) is 6.42 Å². The molecule has 2 rings (SSSR count). The molecule has 0 saturated heterocycles. The molecule has 1 nitrogen and oxygen atoms in total. The number of nitrogens with one attached hydrogen (secondary N) is 1. The van der Waals surface area contributed by atoms with E-state index in [9.17, 15) is 8.78 Å². The van der Waals surface area contributed by atoms with Crippen LogP contribution in [0.25, 0.3) is 0 Å². The minimum atomic E-state index is -0.468. The van der Waals surface area contributed by atoms with Crippen LogP contribution in [0.3, 0.4) is 0 Å². The maximum atomic E-state index is 13.9. The SMILES string of the molecule is CCNCC(Cc1c(F)cccc1F)c1ccccc1C. The van der Waals surface area contributed by atoms with E-state index in [1.54, 1.807) is 0 Å². The van der Waals surface area contributed by atoms with Gasteiger partial charge in [-0.3, -0.25) is 0 Å². The smallest absolute Gasteiger partial charge is 0.129 e. The molecule has 2 aromatic carbocycles. The minimum Gasteiger partial charge on any atom is -0.316 e. The highest BCUT2D eigenvalue weighted by molar-refractivity contribution is 5.32. The highest BCUT2D eigenvalue weighted by atomic mass is 19.1. The molecule has 3 heteroatoms. The summed E-state index contributed by atoms with van der Waals surface area (Å²) in [6.45, 7) is 5.60. The molecule has 0 aliphatic carbocycles. The second-order valence-electron chi connectivity index (χ2n) is 5.27. The van der Waals surface area contributed by atoms with Crippen LogP contribution >= 0.6 is 0 Å². The lowest BCUT2D eigenvalue weighted by Crippen LogP contribution is -2.23. The normalized spacial score (nSPS) is 12.4. The van der Waals surface area contributed by atoms with E-state index in [0.29, 0.717) is 13.0 Å². The van der Waals surface area contributed by atoms with Gasteiger partial charge in [0.1, 0.15) is 11.6 Å². The Hall–Kier alpha value is -1.74. The van der Waals surface area contributed by atoms with E-state index in [4.69, 9.17) is 0 Å². The van der Waals surface area contributed by atoms with Gasteiger partial charge in [-0.1, -0.05) is 37.3 Å². The number of aryl methyl sites for hydroxylation is 1. The maximum Gasteiger partial charge on any atom is 0.129 e. The second-order valence-corrected chi connectivity index (χ2v) is 5.27. The van der Waals surface area contributed by atoms with E-state index in [0.717, 1.165) is 17.7 Å². The Bertz CT molecular complexity index is 575. The first-order valence-corrected chi connectivity index (χ1v) is 7.32. The fourth-order valence-electron chi connectivity index (χ4n) is 2.63. The third kappa shape index (κ3) is 3.88. The van der Waals surface area contributed by atoms with E-state index < -0.39 is 11.6 Å². The summed E-state index contributed by atoms with van der Waals surface area (Å²) in [5.74, 6) is -0.882. The molecular formula is C18H21F2N. The van der Waals surface area contributed by atoms with Crippen molar-refractivity contribution in [3.63, 3.8) is 0 Å². The third-order valence-corrected chi connectivity index (χ3v) is 3.78. The van der Waals surface area contributed by atoms with Gasteiger partial charge in [0.15, 0.2) is 0 Å². The summed E-state index contributed by atoms with van der Waals surface area (Å²) in [6, 6.07) is 12.1. The average Bonchev–Trinajstić information content (AvgIpc) is 2.47. The van der Waals surface area contributed by atoms with E-state index >= 15 is 0 Å². The number of benzene rings is 2. The van der Waals surface area contributed by atoms with Gasteiger partial charge in [0.25, 0.3) is 0 Å². The van der Waals surface area contributed by atoms with Gasteiger partial charge in [-0.2, -0.15) is 0 Å². The lowest BCUT2D eigenvalue weighted by molar-refractivity contribution is 0.522. The molecule has 0 amide bonds. The Morgan fingerprint density at radius 2 is 1.67 bits per heavy atom. The van der Waals surface area contributed by atoms with Crippen molar-refractivity contribution in [1.29, 1.82) is 0 Å². The van der Waals surface area contributed by atoms with Crippen molar-refractivity contribution in [2.75, 3.05) is 13.1 Å². The maximum absolute atomic E-state index is 13.9. The van der Waals surface area contributed by atoms with Crippen LogP contribution in [0.2, 0.25) is 0 Å². The molecule has 0 aliphatic rings. The van der Waals surface area contributed by atoms with Crippen LogP contribution in [-0.4, -0.2) is 13.1 Å². The van der Waals surface area contributed by atoms with E-state index in [1.165, 1.54) is 18.2 Å². The van der Waals surface area contributed by atoms with Crippen LogP contribution in [0.15, 0.2) is 42.5 Å². The fraction of sp³-hybridized carbons (Fsp3) is 0.333. The van der Waals surface area contributed by atoms with E-state index in [-0.39, 0.29) is 11.5 Å². The molecule has 1 atom stereocenters. The molecule has 0 spiro atoms. The van der Waals surface area contributed by atoms with Crippen molar-refractivity contribution in [2.24, 2.45) is 0 Å². The van der Waals surface area contributed by atoms with Crippen LogP contribution in [0.4, 0.5) is 8.78 Å². The van der Waals surface area contributed by atoms with Crippen molar-refractivity contribution < 1.29 is 8.78 Å². The number of likely N-dealkylation sites (N-methyl/N-ethyl adjacent to an activating group) is 1. The molecule has 112 valence electrons. The minimum absolute atomic E-state index is 0.0533. The zero-order valence-corrected chi connectivity index (χ0v) is 12.5. The molecule has 0 radical (unpaired) electrons. The Balaban J connectivity index is 2.31. The van der Waals surface area contributed by atoms with Crippen molar-refractivity contribution in [3.8, 4) is 0 Å². The lowest BCUT2D eigenvalue weighted by Gasteiger charge is -2.20. The summed E-state index contributed by atoms with van der Waals surface area (Å²) in [5, 5.41) is 3.29. The zero-order chi connectivity index (χ0) is 15.2. The number of rotatable bonds is 6. The fourth-order valence-corrected chi connectivity index (χ4v) is 2.63. The molecule has 0 heterocycles. The predicted octanol–water partition coefficient (Wildman–Crippen LogP) is 4.21. The largest absolute Gasteiger partial charge is 0.316 e. The first-order valence-electron chi connectivity index (χ1n) is 7.32. The van der Waals surface area contributed by atoms with Crippen molar-refractivity contribution in [1.82, 2.24) is 5.32 Å². The summed E-state index contributed by atoms with van der Waals surface area (Å²) in [5.41, 5.74) is 2.46. The number of hydrogen-bond acceptors (Lipinski definition) is 1. The standard InChI is InChI=1S/C18H21F2N/c1-3-21-12-14(15-8-5-4-7-13(15)2)11-16-17(19)9-6-10-18(16)20/h4-10,14,21H,3,11-12H2,1-2H3. The quantitative estimate of drug-likeness (QED) is 0.840. The molecule has 0 bridgehead atoms. The van der Waals surface area contributed by atoms with Gasteiger partial charge in [-0.05, 0) is 43.1 Å². The predicted molar refractivity (Wildman–Crippen MR) is 82.5 cm³/mol. The molecule has 0 aliphatic heterocycles. The van der Waals surface area contributed by atoms with Gasteiger partial charge in [0.05, 0.1) is 0 Å². The van der Waals surface area contributed by atoms with E-state index in [1.807, 2.05) is 38.1 Å². The van der Waals surface area contributed by atoms with Crippen molar-refractivity contribution in [3.05, 3.63) is 70.8 Å². The van der Waals surface area contributed by atoms with Crippen LogP contribution in [0, 0.1) is 18.6 Å². The molecule has 0 aromatic heterocycles. The van der Waals surface area contributed by atoms with Gasteiger partial charge in [-0.25, -0.2) is 8.78 Å². The Labute approximate surface area is 125 Å². The Morgan fingerprint density at radius 3 is 2.29 bits per heavy atom. The highest BCUT2D eigenvalue weighted by Gasteiger charge is 2.18. The first kappa shape index (κ1) is 15.6. The molecular weight excluding hydrogens is 268 g/mol. The van der Waals surface area contributed by atoms with Crippen LogP contribution in [0.1, 0.15) is 29.5 Å². The highest BCUT2D eigenvalue weighted by Crippen LogP contribution is 2.26. The lowest BCUT2D eigenvalue weighted by atomic mass is 9.88. The molecule has 1 unspecified atom stereocenters. The summed E-state index contributed by atoms with van der Waals surface area (Å²) in [6.07, 6.45) is 0.357. The van der Waals surface area contributed by atoms with Crippen LogP contribution in [0.5, 0.6) is 0 Å². The number of hydrogen-bond donors (Lipinski definition) is 1. The monoisotopic (exact) mass is 289 g/mol. The van der Waals surface area contributed by atoms with Gasteiger partial charge in [0.2, 0.25) is 0 Å². The molecule has 21 heavy (non-hydrogen) atoms. The average molecular weight is 289 g/mol. The Kier molecular flexibility index (Phi) is 5.45. The summed E-state index contributed by atoms with van der Waals surface area (Å²) in [4.78, 5) is 0. The molecule has 0 fully saturated rings.